The number of halogens is 4. The van der Waals surface area contributed by atoms with Crippen LogP contribution in [0.4, 0.5) is 30.2 Å². The van der Waals surface area contributed by atoms with Gasteiger partial charge in [-0.25, -0.2) is 0 Å². The molecule has 2 aromatic carbocycles. The van der Waals surface area contributed by atoms with E-state index >= 15 is 0 Å². The number of carbonyl (C=O) groups is 1. The third-order valence-corrected chi connectivity index (χ3v) is 4.12. The SMILES string of the molecule is COc1cc(OC)c(NC(=S)Nc2ccc(NC(C)=O)cc2C(F)(F)F)cc1Cl. The van der Waals surface area contributed by atoms with E-state index in [0.29, 0.717) is 17.2 Å². The molecule has 29 heavy (non-hydrogen) atoms. The highest BCUT2D eigenvalue weighted by Crippen LogP contribution is 2.38. The van der Waals surface area contributed by atoms with Crippen molar-refractivity contribution in [3.8, 4) is 11.5 Å². The van der Waals surface area contributed by atoms with Crippen LogP contribution in [0.3, 0.4) is 0 Å². The molecule has 0 radical (unpaired) electrons. The van der Waals surface area contributed by atoms with Crippen molar-refractivity contribution in [2.75, 3.05) is 30.2 Å². The highest BCUT2D eigenvalue weighted by atomic mass is 35.5. The molecule has 0 atom stereocenters. The molecule has 0 saturated carbocycles. The fraction of sp³-hybridized carbons (Fsp3) is 0.222. The summed E-state index contributed by atoms with van der Waals surface area (Å²) in [4.78, 5) is 11.1. The Hall–Kier alpha value is -2.72. The number of carbonyl (C=O) groups excluding carboxylic acids is 1. The number of methoxy groups -OCH3 is 2. The van der Waals surface area contributed by atoms with Crippen LogP contribution in [0.2, 0.25) is 5.02 Å². The molecular weight excluding hydrogens is 431 g/mol. The molecule has 0 unspecified atom stereocenters. The molecule has 0 aromatic heterocycles. The molecule has 2 aromatic rings. The molecule has 0 aliphatic heterocycles. The van der Waals surface area contributed by atoms with E-state index in [1.165, 1.54) is 45.4 Å². The lowest BCUT2D eigenvalue weighted by Crippen LogP contribution is -2.22. The summed E-state index contributed by atoms with van der Waals surface area (Å²) in [5.74, 6) is 0.202. The minimum Gasteiger partial charge on any atom is -0.495 e. The molecule has 0 bridgehead atoms. The van der Waals surface area contributed by atoms with Gasteiger partial charge in [0.2, 0.25) is 5.91 Å². The van der Waals surface area contributed by atoms with Crippen molar-refractivity contribution in [2.45, 2.75) is 13.1 Å². The summed E-state index contributed by atoms with van der Waals surface area (Å²) in [7, 11) is 2.84. The quantitative estimate of drug-likeness (QED) is 0.551. The second kappa shape index (κ2) is 9.19. The molecule has 0 saturated heterocycles. The van der Waals surface area contributed by atoms with Crippen LogP contribution in [-0.2, 0) is 11.0 Å². The number of benzene rings is 2. The first-order chi connectivity index (χ1) is 13.5. The predicted molar refractivity (Wildman–Crippen MR) is 110 cm³/mol. The lowest BCUT2D eigenvalue weighted by Gasteiger charge is -2.18. The number of hydrogen-bond donors (Lipinski definition) is 3. The molecule has 6 nitrogen and oxygen atoms in total. The van der Waals surface area contributed by atoms with E-state index in [4.69, 9.17) is 33.3 Å². The number of anilines is 3. The van der Waals surface area contributed by atoms with Crippen LogP contribution in [0.5, 0.6) is 11.5 Å². The highest BCUT2D eigenvalue weighted by molar-refractivity contribution is 7.80. The van der Waals surface area contributed by atoms with Gasteiger partial charge in [-0.15, -0.1) is 0 Å². The van der Waals surface area contributed by atoms with Crippen molar-refractivity contribution in [2.24, 2.45) is 0 Å². The van der Waals surface area contributed by atoms with Gasteiger partial charge >= 0.3 is 6.18 Å². The van der Waals surface area contributed by atoms with Gasteiger partial charge in [0.25, 0.3) is 0 Å². The Balaban J connectivity index is 2.29. The lowest BCUT2D eigenvalue weighted by atomic mass is 10.1. The van der Waals surface area contributed by atoms with Gasteiger partial charge in [-0.1, -0.05) is 11.6 Å². The molecule has 0 aliphatic rings. The average Bonchev–Trinajstić information content (AvgIpc) is 2.62. The number of nitrogens with one attached hydrogen (secondary N) is 3. The summed E-state index contributed by atoms with van der Waals surface area (Å²) >= 11 is 11.2. The number of ether oxygens (including phenoxy) is 2. The Morgan fingerprint density at radius 3 is 2.17 bits per heavy atom. The molecule has 11 heteroatoms. The van der Waals surface area contributed by atoms with Gasteiger partial charge < -0.3 is 25.4 Å². The Kier molecular flexibility index (Phi) is 7.15. The number of thiocarbonyl (C=S) groups is 1. The van der Waals surface area contributed by atoms with E-state index in [1.807, 2.05) is 0 Å². The molecule has 1 amide bonds. The van der Waals surface area contributed by atoms with Crippen LogP contribution in [0.15, 0.2) is 30.3 Å². The molecule has 3 N–H and O–H groups in total. The fourth-order valence-electron chi connectivity index (χ4n) is 2.40. The van der Waals surface area contributed by atoms with E-state index in [2.05, 4.69) is 16.0 Å². The number of alkyl halides is 3. The number of rotatable bonds is 5. The van der Waals surface area contributed by atoms with Gasteiger partial charge in [0.1, 0.15) is 11.5 Å². The van der Waals surface area contributed by atoms with Gasteiger partial charge in [0, 0.05) is 18.7 Å². The van der Waals surface area contributed by atoms with E-state index in [0.717, 1.165) is 6.07 Å². The van der Waals surface area contributed by atoms with E-state index < -0.39 is 17.6 Å². The third-order valence-electron chi connectivity index (χ3n) is 3.62. The van der Waals surface area contributed by atoms with Gasteiger partial charge in [-0.3, -0.25) is 4.79 Å². The summed E-state index contributed by atoms with van der Waals surface area (Å²) in [5, 5.41) is 7.70. The zero-order valence-electron chi connectivity index (χ0n) is 15.5. The maximum absolute atomic E-state index is 13.4. The lowest BCUT2D eigenvalue weighted by molar-refractivity contribution is -0.136. The second-order valence-electron chi connectivity index (χ2n) is 5.71. The van der Waals surface area contributed by atoms with Gasteiger partial charge in [-0.2, -0.15) is 13.2 Å². The Labute approximate surface area is 175 Å². The average molecular weight is 448 g/mol. The van der Waals surface area contributed by atoms with Crippen molar-refractivity contribution in [1.29, 1.82) is 0 Å². The first-order valence-electron chi connectivity index (χ1n) is 8.03. The zero-order valence-corrected chi connectivity index (χ0v) is 17.1. The number of amides is 1. The molecule has 0 spiro atoms. The first-order valence-corrected chi connectivity index (χ1v) is 8.82. The molecule has 0 heterocycles. The van der Waals surface area contributed by atoms with Crippen molar-refractivity contribution in [3.63, 3.8) is 0 Å². The summed E-state index contributed by atoms with van der Waals surface area (Å²) in [5.41, 5.74) is -0.938. The van der Waals surface area contributed by atoms with E-state index in [-0.39, 0.29) is 21.5 Å². The normalized spacial score (nSPS) is 10.9. The summed E-state index contributed by atoms with van der Waals surface area (Å²) in [6.45, 7) is 1.20. The minimum absolute atomic E-state index is 0.0119. The summed E-state index contributed by atoms with van der Waals surface area (Å²) in [6, 6.07) is 6.29. The molecule has 0 aliphatic carbocycles. The number of hydrogen-bond acceptors (Lipinski definition) is 4. The van der Waals surface area contributed by atoms with Crippen molar-refractivity contribution >= 4 is 51.9 Å². The van der Waals surface area contributed by atoms with Gasteiger partial charge in [0.05, 0.1) is 36.2 Å². The maximum atomic E-state index is 13.4. The second-order valence-corrected chi connectivity index (χ2v) is 6.52. The van der Waals surface area contributed by atoms with Crippen molar-refractivity contribution in [3.05, 3.63) is 40.9 Å². The van der Waals surface area contributed by atoms with E-state index in [1.54, 1.807) is 0 Å². The van der Waals surface area contributed by atoms with Crippen LogP contribution in [-0.4, -0.2) is 25.2 Å². The summed E-state index contributed by atoms with van der Waals surface area (Å²) in [6.07, 6.45) is -4.67. The van der Waals surface area contributed by atoms with Crippen LogP contribution < -0.4 is 25.4 Å². The largest absolute Gasteiger partial charge is 0.495 e. The third kappa shape index (κ3) is 5.88. The molecule has 0 fully saturated rings. The maximum Gasteiger partial charge on any atom is 0.418 e. The van der Waals surface area contributed by atoms with Crippen molar-refractivity contribution < 1.29 is 27.4 Å². The topological polar surface area (TPSA) is 71.6 Å². The van der Waals surface area contributed by atoms with E-state index in [9.17, 15) is 18.0 Å². The van der Waals surface area contributed by atoms with Crippen LogP contribution in [0, 0.1) is 0 Å². The van der Waals surface area contributed by atoms with Crippen LogP contribution in [0.1, 0.15) is 12.5 Å². The van der Waals surface area contributed by atoms with Crippen LogP contribution >= 0.6 is 23.8 Å². The molecular formula is C18H17ClF3N3O3S. The predicted octanol–water partition coefficient (Wildman–Crippen LogP) is 5.14. The van der Waals surface area contributed by atoms with Crippen LogP contribution in [0.25, 0.3) is 0 Å². The minimum atomic E-state index is -4.67. The monoisotopic (exact) mass is 447 g/mol. The Bertz CT molecular complexity index is 939. The molecule has 156 valence electrons. The fourth-order valence-corrected chi connectivity index (χ4v) is 2.86. The first kappa shape index (κ1) is 22.6. The van der Waals surface area contributed by atoms with Gasteiger partial charge in [0.15, 0.2) is 5.11 Å². The van der Waals surface area contributed by atoms with Gasteiger partial charge in [-0.05, 0) is 36.5 Å². The smallest absolute Gasteiger partial charge is 0.418 e. The zero-order chi connectivity index (χ0) is 21.8. The Morgan fingerprint density at radius 2 is 1.62 bits per heavy atom. The highest BCUT2D eigenvalue weighted by Gasteiger charge is 2.34. The molecule has 2 rings (SSSR count). The summed E-state index contributed by atoms with van der Waals surface area (Å²) < 4.78 is 50.6. The Morgan fingerprint density at radius 1 is 1.00 bits per heavy atom. The van der Waals surface area contributed by atoms with Crippen molar-refractivity contribution in [1.82, 2.24) is 0 Å². The standard InChI is InChI=1S/C18H17ClF3N3O3S/c1-9(26)23-10-4-5-13(11(6-10)18(20,21)22)24-17(29)25-14-7-12(19)15(27-2)8-16(14)28-3/h4-8H,1-3H3,(H,23,26)(H2,24,25,29).